The van der Waals surface area contributed by atoms with Crippen LogP contribution in [0.1, 0.15) is 19.8 Å². The number of guanidine groups is 1. The van der Waals surface area contributed by atoms with Crippen molar-refractivity contribution in [2.75, 3.05) is 6.54 Å². The summed E-state index contributed by atoms with van der Waals surface area (Å²) in [7, 11) is 0. The predicted octanol–water partition coefficient (Wildman–Crippen LogP) is -0.0881. The van der Waals surface area contributed by atoms with Crippen LogP contribution >= 0.6 is 0 Å². The van der Waals surface area contributed by atoms with Gasteiger partial charge >= 0.3 is 0 Å². The highest BCUT2D eigenvalue weighted by molar-refractivity contribution is 6.23. The van der Waals surface area contributed by atoms with Crippen molar-refractivity contribution in [3.63, 3.8) is 0 Å². The summed E-state index contributed by atoms with van der Waals surface area (Å²) >= 11 is 0. The Bertz CT molecular complexity index is 365. The average Bonchev–Trinajstić information content (AvgIpc) is 2.66. The minimum Gasteiger partial charge on any atom is -0.385 e. The summed E-state index contributed by atoms with van der Waals surface area (Å²) in [5, 5.41) is 3.01. The molecule has 1 unspecified atom stereocenters. The van der Waals surface area contributed by atoms with Crippen molar-refractivity contribution in [3.05, 3.63) is 0 Å². The Morgan fingerprint density at radius 2 is 2.47 bits per heavy atom. The van der Waals surface area contributed by atoms with E-state index in [9.17, 15) is 0 Å². The Morgan fingerprint density at radius 3 is 3.27 bits per heavy atom. The van der Waals surface area contributed by atoms with Gasteiger partial charge in [0.05, 0.1) is 0 Å². The standard InChI is InChI=1S/C9H14N6/c1-2-3-4-11-9-14-7(10)6-8(15-9)13-5-12-6/h5-6H,2-4H2,1H3,(H3,10,11,12,13,14,15). The minimum atomic E-state index is -0.227. The van der Waals surface area contributed by atoms with Gasteiger partial charge in [0.15, 0.2) is 6.04 Å². The predicted molar refractivity (Wildman–Crippen MR) is 61.7 cm³/mol. The van der Waals surface area contributed by atoms with Gasteiger partial charge in [0, 0.05) is 6.54 Å². The molecule has 6 heteroatoms. The summed E-state index contributed by atoms with van der Waals surface area (Å²) in [4.78, 5) is 16.5. The van der Waals surface area contributed by atoms with E-state index in [4.69, 9.17) is 5.73 Å². The molecule has 2 aliphatic rings. The molecule has 0 aromatic carbocycles. The van der Waals surface area contributed by atoms with Gasteiger partial charge < -0.3 is 11.1 Å². The van der Waals surface area contributed by atoms with Crippen molar-refractivity contribution in [1.29, 1.82) is 0 Å². The monoisotopic (exact) mass is 206 g/mol. The molecule has 0 aromatic heterocycles. The van der Waals surface area contributed by atoms with Crippen LogP contribution in [0.25, 0.3) is 0 Å². The van der Waals surface area contributed by atoms with Gasteiger partial charge in [-0.3, -0.25) is 9.98 Å². The van der Waals surface area contributed by atoms with E-state index >= 15 is 0 Å². The molecule has 3 N–H and O–H groups in total. The van der Waals surface area contributed by atoms with Crippen LogP contribution < -0.4 is 11.1 Å². The molecule has 0 aliphatic carbocycles. The lowest BCUT2D eigenvalue weighted by molar-refractivity contribution is 0.803. The molecule has 1 atom stereocenters. The van der Waals surface area contributed by atoms with Crippen molar-refractivity contribution in [2.24, 2.45) is 25.7 Å². The Morgan fingerprint density at radius 1 is 1.60 bits per heavy atom. The molecule has 2 rings (SSSR count). The maximum absolute atomic E-state index is 5.75. The highest BCUT2D eigenvalue weighted by atomic mass is 15.3. The molecular weight excluding hydrogens is 192 g/mol. The lowest BCUT2D eigenvalue weighted by Gasteiger charge is -2.17. The first-order valence-electron chi connectivity index (χ1n) is 5.06. The number of aliphatic imine (C=N–C) groups is 4. The first-order valence-corrected chi connectivity index (χ1v) is 5.06. The number of hydrogen-bond donors (Lipinski definition) is 2. The maximum atomic E-state index is 5.75. The number of nitrogens with two attached hydrogens (primary N) is 1. The van der Waals surface area contributed by atoms with E-state index in [1.54, 1.807) is 0 Å². The van der Waals surface area contributed by atoms with Gasteiger partial charge in [-0.1, -0.05) is 13.3 Å². The second-order valence-corrected chi connectivity index (χ2v) is 3.40. The first-order chi connectivity index (χ1) is 7.31. The third kappa shape index (κ3) is 2.03. The normalized spacial score (nSPS) is 25.9. The van der Waals surface area contributed by atoms with Crippen molar-refractivity contribution in [2.45, 2.75) is 25.8 Å². The van der Waals surface area contributed by atoms with Crippen LogP contribution in [0, 0.1) is 0 Å². The Balaban J connectivity index is 2.08. The van der Waals surface area contributed by atoms with Crippen LogP contribution in [-0.2, 0) is 0 Å². The molecule has 0 saturated heterocycles. The van der Waals surface area contributed by atoms with Gasteiger partial charge in [-0.05, 0) is 6.42 Å². The molecule has 0 saturated carbocycles. The van der Waals surface area contributed by atoms with Crippen LogP contribution in [0.4, 0.5) is 0 Å². The van der Waals surface area contributed by atoms with E-state index in [2.05, 4.69) is 32.2 Å². The molecule has 6 nitrogen and oxygen atoms in total. The van der Waals surface area contributed by atoms with Crippen molar-refractivity contribution < 1.29 is 0 Å². The van der Waals surface area contributed by atoms with Crippen LogP contribution in [-0.4, -0.2) is 36.6 Å². The number of nitrogens with one attached hydrogen (secondary N) is 1. The van der Waals surface area contributed by atoms with Crippen LogP contribution in [0.5, 0.6) is 0 Å². The third-order valence-corrected chi connectivity index (χ3v) is 2.20. The molecule has 2 aliphatic heterocycles. The molecule has 15 heavy (non-hydrogen) atoms. The highest BCUT2D eigenvalue weighted by Gasteiger charge is 2.27. The molecule has 2 heterocycles. The van der Waals surface area contributed by atoms with Gasteiger partial charge in [0.2, 0.25) is 5.96 Å². The van der Waals surface area contributed by atoms with Crippen molar-refractivity contribution in [1.82, 2.24) is 5.32 Å². The van der Waals surface area contributed by atoms with E-state index in [1.807, 2.05) is 0 Å². The number of rotatable bonds is 3. The molecule has 0 spiro atoms. The van der Waals surface area contributed by atoms with Gasteiger partial charge in [-0.2, -0.15) is 4.99 Å². The zero-order chi connectivity index (χ0) is 10.7. The van der Waals surface area contributed by atoms with Gasteiger partial charge in [0.1, 0.15) is 18.0 Å². The minimum absolute atomic E-state index is 0.227. The molecule has 0 amide bonds. The van der Waals surface area contributed by atoms with Crippen LogP contribution in [0.15, 0.2) is 20.0 Å². The lowest BCUT2D eigenvalue weighted by Crippen LogP contribution is -2.48. The summed E-state index contributed by atoms with van der Waals surface area (Å²) < 4.78 is 0. The fourth-order valence-corrected chi connectivity index (χ4v) is 1.36. The third-order valence-electron chi connectivity index (χ3n) is 2.20. The van der Waals surface area contributed by atoms with Gasteiger partial charge in [0.25, 0.3) is 0 Å². The van der Waals surface area contributed by atoms with E-state index in [0.29, 0.717) is 11.8 Å². The highest BCUT2D eigenvalue weighted by Crippen LogP contribution is 2.05. The van der Waals surface area contributed by atoms with Gasteiger partial charge in [-0.25, -0.2) is 4.99 Å². The Hall–Kier alpha value is -1.72. The summed E-state index contributed by atoms with van der Waals surface area (Å²) in [5.74, 6) is 1.72. The maximum Gasteiger partial charge on any atom is 0.225 e. The van der Waals surface area contributed by atoms with Crippen molar-refractivity contribution >= 4 is 24.0 Å². The quantitative estimate of drug-likeness (QED) is 0.632. The largest absolute Gasteiger partial charge is 0.385 e. The number of fused-ring (bicyclic) bond motifs is 1. The molecule has 0 aromatic rings. The Labute approximate surface area is 88.1 Å². The van der Waals surface area contributed by atoms with Crippen LogP contribution in [0.2, 0.25) is 0 Å². The smallest absolute Gasteiger partial charge is 0.225 e. The number of nitrogens with zero attached hydrogens (tertiary/aromatic N) is 4. The Kier molecular flexibility index (Phi) is 2.75. The zero-order valence-electron chi connectivity index (χ0n) is 8.64. The lowest BCUT2D eigenvalue weighted by atomic mass is 10.2. The average molecular weight is 206 g/mol. The molecule has 0 radical (unpaired) electrons. The summed E-state index contributed by atoms with van der Waals surface area (Å²) in [6.07, 6.45) is 3.65. The number of unbranched alkanes of at least 4 members (excludes halogenated alkanes) is 1. The summed E-state index contributed by atoms with van der Waals surface area (Å²) in [6, 6.07) is -0.227. The second kappa shape index (κ2) is 4.20. The van der Waals surface area contributed by atoms with E-state index < -0.39 is 0 Å². The zero-order valence-corrected chi connectivity index (χ0v) is 8.64. The SMILES string of the molecule is CCCCN=C1N=C(N)C2N=CN=C2N1. The van der Waals surface area contributed by atoms with Crippen LogP contribution in [0.3, 0.4) is 0 Å². The molecule has 0 bridgehead atoms. The van der Waals surface area contributed by atoms with E-state index in [-0.39, 0.29) is 6.04 Å². The summed E-state index contributed by atoms with van der Waals surface area (Å²) in [5.41, 5.74) is 5.75. The molecule has 80 valence electrons. The van der Waals surface area contributed by atoms with E-state index in [0.717, 1.165) is 25.2 Å². The fraction of sp³-hybridized carbons (Fsp3) is 0.556. The summed E-state index contributed by atoms with van der Waals surface area (Å²) in [6.45, 7) is 2.88. The first kappa shape index (κ1) is 9.82. The van der Waals surface area contributed by atoms with Crippen molar-refractivity contribution in [3.8, 4) is 0 Å². The molecular formula is C9H14N6. The second-order valence-electron chi connectivity index (χ2n) is 3.40. The van der Waals surface area contributed by atoms with E-state index in [1.165, 1.54) is 6.34 Å². The van der Waals surface area contributed by atoms with Gasteiger partial charge in [-0.15, -0.1) is 0 Å². The molecule has 0 fully saturated rings. The fourth-order valence-electron chi connectivity index (χ4n) is 1.36. The number of hydrogen-bond acceptors (Lipinski definition) is 4. The number of amidine groups is 2. The topological polar surface area (TPSA) is 87.5 Å².